The lowest BCUT2D eigenvalue weighted by molar-refractivity contribution is 0.0531. The number of benzene rings is 2. The van der Waals surface area contributed by atoms with Gasteiger partial charge in [-0.15, -0.1) is 0 Å². The minimum Gasteiger partial charge on any atom is -0.443 e. The number of hydrogen-bond acceptors (Lipinski definition) is 4. The van der Waals surface area contributed by atoms with E-state index in [-0.39, 0.29) is 0 Å². The van der Waals surface area contributed by atoms with Gasteiger partial charge in [0.1, 0.15) is 11.2 Å². The van der Waals surface area contributed by atoms with Crippen LogP contribution in [0, 0.1) is 13.8 Å². The Kier molecular flexibility index (Phi) is 6.33. The number of fused-ring (bicyclic) bond motifs is 2. The van der Waals surface area contributed by atoms with E-state index in [9.17, 15) is 9.59 Å². The Morgan fingerprint density at radius 3 is 1.31 bits per heavy atom. The molecule has 0 amide bonds. The predicted molar refractivity (Wildman–Crippen MR) is 146 cm³/mol. The molecule has 0 radical (unpaired) electrons. The number of hydrogen-bond donors (Lipinski definition) is 0. The SMILES string of the molecule is Cc1c(/C=C/c2c(C)c3ccccc3n2C(=O)OC(C)(C)C)n(C(=O)OC(C)(C)C)c2ccccc12. The van der Waals surface area contributed by atoms with Crippen LogP contribution in [0.15, 0.2) is 48.5 Å². The van der Waals surface area contributed by atoms with Gasteiger partial charge >= 0.3 is 12.2 Å². The van der Waals surface area contributed by atoms with E-state index in [1.807, 2.05) is 116 Å². The van der Waals surface area contributed by atoms with E-state index in [1.165, 1.54) is 0 Å². The Morgan fingerprint density at radius 1 is 0.639 bits per heavy atom. The Balaban J connectivity index is 1.91. The number of nitrogens with zero attached hydrogens (tertiary/aromatic N) is 2. The van der Waals surface area contributed by atoms with Crippen molar-refractivity contribution < 1.29 is 19.1 Å². The summed E-state index contributed by atoms with van der Waals surface area (Å²) in [5.41, 5.74) is 3.56. The van der Waals surface area contributed by atoms with Gasteiger partial charge in [-0.1, -0.05) is 36.4 Å². The molecular formula is C30H34N2O4. The Bertz CT molecular complexity index is 1390. The summed E-state index contributed by atoms with van der Waals surface area (Å²) in [6.07, 6.45) is 2.86. The average molecular weight is 487 g/mol. The summed E-state index contributed by atoms with van der Waals surface area (Å²) < 4.78 is 14.7. The van der Waals surface area contributed by atoms with Crippen LogP contribution in [0.25, 0.3) is 34.0 Å². The number of para-hydroxylation sites is 2. The first-order valence-corrected chi connectivity index (χ1v) is 12.1. The van der Waals surface area contributed by atoms with Crippen molar-refractivity contribution in [3.05, 3.63) is 71.0 Å². The fourth-order valence-electron chi connectivity index (χ4n) is 4.41. The molecule has 0 aliphatic rings. The maximum absolute atomic E-state index is 13.3. The smallest absolute Gasteiger partial charge is 0.419 e. The van der Waals surface area contributed by atoms with Crippen molar-refractivity contribution >= 4 is 46.1 Å². The molecular weight excluding hydrogens is 452 g/mol. The lowest BCUT2D eigenvalue weighted by Crippen LogP contribution is -2.28. The molecule has 0 N–H and O–H groups in total. The van der Waals surface area contributed by atoms with E-state index in [4.69, 9.17) is 9.47 Å². The zero-order chi connectivity index (χ0) is 26.4. The normalized spacial score (nSPS) is 12.6. The number of carbonyl (C=O) groups excluding carboxylic acids is 2. The molecule has 0 aliphatic carbocycles. The standard InChI is InChI=1S/C30H34N2O4/c1-19-21-13-9-11-15-25(21)31(27(33)35-29(3,4)5)23(19)17-18-24-20(2)22-14-10-12-16-26(22)32(24)28(34)36-30(6,7)8/h9-18H,1-8H3/b18-17+. The number of aryl methyl sites for hydroxylation is 2. The molecule has 6 heteroatoms. The maximum Gasteiger partial charge on any atom is 0.419 e. The highest BCUT2D eigenvalue weighted by atomic mass is 16.6. The second kappa shape index (κ2) is 9.01. The van der Waals surface area contributed by atoms with E-state index in [0.29, 0.717) is 11.4 Å². The number of aromatic nitrogens is 2. The maximum atomic E-state index is 13.3. The fraction of sp³-hybridized carbons (Fsp3) is 0.333. The third-order valence-corrected chi connectivity index (χ3v) is 5.90. The van der Waals surface area contributed by atoms with Gasteiger partial charge in [0.05, 0.1) is 22.4 Å². The van der Waals surface area contributed by atoms with Crippen molar-refractivity contribution in [1.29, 1.82) is 0 Å². The van der Waals surface area contributed by atoms with Crippen molar-refractivity contribution in [2.75, 3.05) is 0 Å². The van der Waals surface area contributed by atoms with E-state index >= 15 is 0 Å². The minimum atomic E-state index is -0.642. The van der Waals surface area contributed by atoms with E-state index < -0.39 is 23.4 Å². The number of rotatable bonds is 2. The summed E-state index contributed by atoms with van der Waals surface area (Å²) in [6.45, 7) is 15.1. The first-order valence-electron chi connectivity index (χ1n) is 12.1. The molecule has 0 unspecified atom stereocenters. The van der Waals surface area contributed by atoms with Crippen molar-refractivity contribution in [3.8, 4) is 0 Å². The molecule has 2 heterocycles. The van der Waals surface area contributed by atoms with Crippen molar-refractivity contribution in [3.63, 3.8) is 0 Å². The highest BCUT2D eigenvalue weighted by Gasteiger charge is 2.25. The molecule has 0 fully saturated rings. The molecule has 0 saturated heterocycles. The molecule has 4 rings (SSSR count). The first kappa shape index (κ1) is 25.3. The van der Waals surface area contributed by atoms with Crippen LogP contribution in [0.1, 0.15) is 64.1 Å². The second-order valence-electron chi connectivity index (χ2n) is 11.0. The van der Waals surface area contributed by atoms with E-state index in [2.05, 4.69) is 0 Å². The second-order valence-corrected chi connectivity index (χ2v) is 11.0. The fourth-order valence-corrected chi connectivity index (χ4v) is 4.41. The molecule has 0 bridgehead atoms. The molecule has 36 heavy (non-hydrogen) atoms. The van der Waals surface area contributed by atoms with Gasteiger partial charge in [0.25, 0.3) is 0 Å². The summed E-state index contributed by atoms with van der Waals surface area (Å²) in [6, 6.07) is 15.5. The summed E-state index contributed by atoms with van der Waals surface area (Å²) in [7, 11) is 0. The van der Waals surface area contributed by atoms with Gasteiger partial charge in [-0.05, 0) is 90.8 Å². The Hall–Kier alpha value is -3.80. The van der Waals surface area contributed by atoms with Crippen molar-refractivity contribution in [1.82, 2.24) is 9.13 Å². The summed E-state index contributed by atoms with van der Waals surface area (Å²) in [5, 5.41) is 1.93. The molecule has 4 aromatic rings. The van der Waals surface area contributed by atoms with E-state index in [1.54, 1.807) is 9.13 Å². The number of ether oxygens (including phenoxy) is 2. The highest BCUT2D eigenvalue weighted by Crippen LogP contribution is 2.31. The first-order chi connectivity index (χ1) is 16.8. The lowest BCUT2D eigenvalue weighted by Gasteiger charge is -2.21. The molecule has 0 spiro atoms. The van der Waals surface area contributed by atoms with Gasteiger partial charge in [0.15, 0.2) is 0 Å². The third kappa shape index (κ3) is 4.81. The third-order valence-electron chi connectivity index (χ3n) is 5.90. The van der Waals surface area contributed by atoms with Crippen LogP contribution in [0.3, 0.4) is 0 Å². The van der Waals surface area contributed by atoms with Crippen LogP contribution < -0.4 is 0 Å². The quantitative estimate of drug-likeness (QED) is 0.288. The lowest BCUT2D eigenvalue weighted by atomic mass is 10.1. The molecule has 0 aliphatic heterocycles. The largest absolute Gasteiger partial charge is 0.443 e. The molecule has 0 atom stereocenters. The topological polar surface area (TPSA) is 62.5 Å². The Labute approximate surface area is 212 Å². The van der Waals surface area contributed by atoms with Crippen molar-refractivity contribution in [2.24, 2.45) is 0 Å². The zero-order valence-electron chi connectivity index (χ0n) is 22.3. The van der Waals surface area contributed by atoms with Gasteiger partial charge in [-0.25, -0.2) is 18.7 Å². The van der Waals surface area contributed by atoms with Crippen LogP contribution in [0.5, 0.6) is 0 Å². The molecule has 2 aromatic carbocycles. The summed E-state index contributed by atoms with van der Waals surface area (Å²) in [4.78, 5) is 26.6. The molecule has 2 aromatic heterocycles. The zero-order valence-corrected chi connectivity index (χ0v) is 22.3. The van der Waals surface area contributed by atoms with Crippen LogP contribution in [0.4, 0.5) is 9.59 Å². The predicted octanol–water partition coefficient (Wildman–Crippen LogP) is 7.95. The van der Waals surface area contributed by atoms with Crippen LogP contribution in [-0.4, -0.2) is 32.5 Å². The van der Waals surface area contributed by atoms with Gasteiger partial charge in [-0.3, -0.25) is 0 Å². The number of carbonyl (C=O) groups is 2. The van der Waals surface area contributed by atoms with Crippen molar-refractivity contribution in [2.45, 2.75) is 66.6 Å². The van der Waals surface area contributed by atoms with Crippen LogP contribution in [0.2, 0.25) is 0 Å². The van der Waals surface area contributed by atoms with Gasteiger partial charge in [0, 0.05) is 10.8 Å². The van der Waals surface area contributed by atoms with Gasteiger partial charge in [0.2, 0.25) is 0 Å². The van der Waals surface area contributed by atoms with Crippen LogP contribution in [-0.2, 0) is 9.47 Å². The van der Waals surface area contributed by atoms with Gasteiger partial charge in [-0.2, -0.15) is 0 Å². The molecule has 0 saturated carbocycles. The minimum absolute atomic E-state index is 0.448. The van der Waals surface area contributed by atoms with Gasteiger partial charge < -0.3 is 9.47 Å². The monoisotopic (exact) mass is 486 g/mol. The van der Waals surface area contributed by atoms with E-state index in [0.717, 1.165) is 32.9 Å². The van der Waals surface area contributed by atoms with Crippen LogP contribution >= 0.6 is 0 Å². The molecule has 6 nitrogen and oxygen atoms in total. The highest BCUT2D eigenvalue weighted by molar-refractivity contribution is 5.99. The molecule has 188 valence electrons. The Morgan fingerprint density at radius 2 is 0.972 bits per heavy atom. The summed E-state index contributed by atoms with van der Waals surface area (Å²) in [5.74, 6) is 0. The summed E-state index contributed by atoms with van der Waals surface area (Å²) >= 11 is 0. The average Bonchev–Trinajstić information content (AvgIpc) is 3.21.